The highest BCUT2D eigenvalue weighted by atomic mass is 19.4. The van der Waals surface area contributed by atoms with Crippen molar-refractivity contribution in [3.05, 3.63) is 77.6 Å². The van der Waals surface area contributed by atoms with Gasteiger partial charge in [0.05, 0.1) is 12.7 Å². The number of rotatable bonds is 3. The largest absolute Gasteiger partial charge is 0.497 e. The maximum atomic E-state index is 13.1. The first-order chi connectivity index (χ1) is 13.0. The Labute approximate surface area is 153 Å². The van der Waals surface area contributed by atoms with Crippen LogP contribution in [0.4, 0.5) is 19.1 Å². The van der Waals surface area contributed by atoms with Gasteiger partial charge in [0.1, 0.15) is 18.1 Å². The number of fused-ring (bicyclic) bond motifs is 1. The van der Waals surface area contributed by atoms with E-state index in [1.165, 1.54) is 12.4 Å². The van der Waals surface area contributed by atoms with Gasteiger partial charge in [-0.1, -0.05) is 24.3 Å². The molecule has 3 aromatic rings. The zero-order valence-corrected chi connectivity index (χ0v) is 14.2. The van der Waals surface area contributed by atoms with Gasteiger partial charge in [0.25, 0.3) is 0 Å². The molecule has 1 atom stereocenters. The minimum Gasteiger partial charge on any atom is -0.497 e. The fourth-order valence-electron chi connectivity index (χ4n) is 3.00. The molecule has 138 valence electrons. The van der Waals surface area contributed by atoms with Gasteiger partial charge in [-0.3, -0.25) is 0 Å². The lowest BCUT2D eigenvalue weighted by atomic mass is 10.0. The van der Waals surface area contributed by atoms with Crippen LogP contribution in [0.3, 0.4) is 0 Å². The van der Waals surface area contributed by atoms with Gasteiger partial charge < -0.3 is 10.1 Å². The molecule has 0 bridgehead atoms. The Hall–Kier alpha value is -3.29. The molecule has 1 aliphatic heterocycles. The number of hydrogen-bond acceptors (Lipinski definition) is 4. The van der Waals surface area contributed by atoms with E-state index in [-0.39, 0.29) is 6.04 Å². The van der Waals surface area contributed by atoms with E-state index in [0.29, 0.717) is 23.0 Å². The van der Waals surface area contributed by atoms with Gasteiger partial charge in [-0.15, -0.1) is 0 Å². The summed E-state index contributed by atoms with van der Waals surface area (Å²) in [6.45, 7) is 0. The first-order valence-electron chi connectivity index (χ1n) is 8.15. The van der Waals surface area contributed by atoms with Crippen molar-refractivity contribution in [3.8, 4) is 5.75 Å². The predicted octanol–water partition coefficient (Wildman–Crippen LogP) is 4.36. The number of benzene rings is 2. The summed E-state index contributed by atoms with van der Waals surface area (Å²) < 4.78 is 46.0. The predicted molar refractivity (Wildman–Crippen MR) is 94.2 cm³/mol. The van der Waals surface area contributed by atoms with Crippen LogP contribution in [0, 0.1) is 0 Å². The Bertz CT molecular complexity index is 993. The molecule has 1 aliphatic rings. The Morgan fingerprint density at radius 2 is 1.89 bits per heavy atom. The Morgan fingerprint density at radius 3 is 2.59 bits per heavy atom. The van der Waals surface area contributed by atoms with Crippen LogP contribution in [0.1, 0.15) is 22.7 Å². The zero-order chi connectivity index (χ0) is 19.0. The van der Waals surface area contributed by atoms with E-state index in [4.69, 9.17) is 4.74 Å². The fraction of sp³-hybridized carbons (Fsp3) is 0.158. The molecule has 0 amide bonds. The summed E-state index contributed by atoms with van der Waals surface area (Å²) >= 11 is 0. The average Bonchev–Trinajstić information content (AvgIpc) is 3.15. The van der Waals surface area contributed by atoms with Crippen molar-refractivity contribution in [3.63, 3.8) is 0 Å². The van der Waals surface area contributed by atoms with Crippen molar-refractivity contribution in [2.45, 2.75) is 12.2 Å². The van der Waals surface area contributed by atoms with Crippen LogP contribution in [-0.2, 0) is 6.18 Å². The van der Waals surface area contributed by atoms with Gasteiger partial charge in [0, 0.05) is 5.70 Å². The van der Waals surface area contributed by atoms with E-state index in [2.05, 4.69) is 15.4 Å². The number of aromatic nitrogens is 3. The Kier molecular flexibility index (Phi) is 4.10. The highest BCUT2D eigenvalue weighted by molar-refractivity contribution is 5.77. The molecule has 0 saturated carbocycles. The summed E-state index contributed by atoms with van der Waals surface area (Å²) in [6, 6.07) is 12.3. The first-order valence-corrected chi connectivity index (χ1v) is 8.15. The van der Waals surface area contributed by atoms with Gasteiger partial charge in [-0.25, -0.2) is 4.68 Å². The third-order valence-corrected chi connectivity index (χ3v) is 4.37. The van der Waals surface area contributed by atoms with Gasteiger partial charge in [-0.05, 0) is 41.5 Å². The molecule has 0 aliphatic carbocycles. The molecule has 5 nitrogen and oxygen atoms in total. The van der Waals surface area contributed by atoms with E-state index >= 15 is 0 Å². The molecule has 0 saturated heterocycles. The van der Waals surface area contributed by atoms with Gasteiger partial charge in [-0.2, -0.15) is 23.3 Å². The third-order valence-electron chi connectivity index (χ3n) is 4.37. The second-order valence-electron chi connectivity index (χ2n) is 6.03. The lowest BCUT2D eigenvalue weighted by molar-refractivity contribution is -0.137. The molecule has 27 heavy (non-hydrogen) atoms. The maximum Gasteiger partial charge on any atom is 0.416 e. The molecule has 1 aromatic heterocycles. The number of halogens is 3. The number of hydrogen-bond donors (Lipinski definition) is 1. The van der Waals surface area contributed by atoms with E-state index < -0.39 is 11.7 Å². The number of anilines is 1. The summed E-state index contributed by atoms with van der Waals surface area (Å²) in [6.07, 6.45) is -1.17. The van der Waals surface area contributed by atoms with Crippen molar-refractivity contribution < 1.29 is 17.9 Å². The van der Waals surface area contributed by atoms with Gasteiger partial charge in [0.2, 0.25) is 5.95 Å². The van der Waals surface area contributed by atoms with Crippen LogP contribution in [0.15, 0.2) is 60.9 Å². The molecule has 1 unspecified atom stereocenters. The van der Waals surface area contributed by atoms with Gasteiger partial charge in [0.15, 0.2) is 0 Å². The van der Waals surface area contributed by atoms with Crippen LogP contribution < -0.4 is 10.1 Å². The highest BCUT2D eigenvalue weighted by Crippen LogP contribution is 2.35. The summed E-state index contributed by atoms with van der Waals surface area (Å²) in [7, 11) is 1.58. The molecule has 0 fully saturated rings. The summed E-state index contributed by atoms with van der Waals surface area (Å²) in [5.41, 5.74) is 1.18. The summed E-state index contributed by atoms with van der Waals surface area (Å²) in [5, 5.41) is 7.28. The molecule has 2 heterocycles. The average molecular weight is 372 g/mol. The quantitative estimate of drug-likeness (QED) is 0.742. The van der Waals surface area contributed by atoms with Crippen molar-refractivity contribution in [2.24, 2.45) is 0 Å². The van der Waals surface area contributed by atoms with Crippen LogP contribution in [0.25, 0.3) is 5.70 Å². The number of ether oxygens (including phenoxy) is 1. The van der Waals surface area contributed by atoms with E-state index in [0.717, 1.165) is 17.7 Å². The molecule has 0 radical (unpaired) electrons. The number of nitrogens with one attached hydrogen (secondary N) is 1. The molecule has 2 aromatic carbocycles. The summed E-state index contributed by atoms with van der Waals surface area (Å²) in [5.74, 6) is 1.18. The van der Waals surface area contributed by atoms with Crippen molar-refractivity contribution in [2.75, 3.05) is 12.4 Å². The van der Waals surface area contributed by atoms with Crippen molar-refractivity contribution >= 4 is 11.6 Å². The molecule has 1 N–H and O–H groups in total. The molecule has 4 rings (SSSR count). The minimum absolute atomic E-state index is 0.306. The highest BCUT2D eigenvalue weighted by Gasteiger charge is 2.31. The monoisotopic (exact) mass is 372 g/mol. The summed E-state index contributed by atoms with van der Waals surface area (Å²) in [4.78, 5) is 4.17. The Balaban J connectivity index is 1.77. The number of allylic oxidation sites excluding steroid dienone is 1. The standard InChI is InChI=1S/C19H15F3N4O/c1-27-15-7-5-12(6-8-15)17-10-16(25-18-23-11-24-26(17)18)13-3-2-4-14(9-13)19(20,21)22/h2-11,17H,1H3,(H,23,24,25). The lowest BCUT2D eigenvalue weighted by Gasteiger charge is -2.24. The fourth-order valence-corrected chi connectivity index (χ4v) is 3.00. The SMILES string of the molecule is COc1ccc(C2C=C(c3cccc(C(F)(F)F)c3)Nc3ncnn32)cc1. The van der Waals surface area contributed by atoms with Crippen LogP contribution in [0.5, 0.6) is 5.75 Å². The smallest absolute Gasteiger partial charge is 0.416 e. The number of alkyl halides is 3. The second kappa shape index (κ2) is 6.46. The normalized spacial score (nSPS) is 16.3. The van der Waals surface area contributed by atoms with Crippen molar-refractivity contribution in [1.29, 1.82) is 0 Å². The van der Waals surface area contributed by atoms with Crippen LogP contribution >= 0.6 is 0 Å². The van der Waals surface area contributed by atoms with E-state index in [1.807, 2.05) is 30.3 Å². The van der Waals surface area contributed by atoms with E-state index in [9.17, 15) is 13.2 Å². The van der Waals surface area contributed by atoms with Crippen molar-refractivity contribution in [1.82, 2.24) is 14.8 Å². The number of methoxy groups -OCH3 is 1. The second-order valence-corrected chi connectivity index (χ2v) is 6.03. The topological polar surface area (TPSA) is 52.0 Å². The van der Waals surface area contributed by atoms with Gasteiger partial charge >= 0.3 is 6.18 Å². The van der Waals surface area contributed by atoms with E-state index in [1.54, 1.807) is 17.9 Å². The Morgan fingerprint density at radius 1 is 1.11 bits per heavy atom. The molecular weight excluding hydrogens is 357 g/mol. The maximum absolute atomic E-state index is 13.1. The third kappa shape index (κ3) is 3.25. The molecular formula is C19H15F3N4O. The molecule has 0 spiro atoms. The zero-order valence-electron chi connectivity index (χ0n) is 14.2. The minimum atomic E-state index is -4.40. The molecule has 8 heteroatoms. The first kappa shape index (κ1) is 17.1. The number of nitrogens with zero attached hydrogens (tertiary/aromatic N) is 3. The van der Waals surface area contributed by atoms with Crippen LogP contribution in [-0.4, -0.2) is 21.9 Å². The van der Waals surface area contributed by atoms with Crippen LogP contribution in [0.2, 0.25) is 0 Å². The lowest BCUT2D eigenvalue weighted by Crippen LogP contribution is -2.20.